The van der Waals surface area contributed by atoms with Crippen LogP contribution in [0.25, 0.3) is 0 Å². The molecular formula is C13H23N3. The highest BCUT2D eigenvalue weighted by Gasteiger charge is 2.38. The second-order valence-electron chi connectivity index (χ2n) is 5.15. The number of nitrogens with one attached hydrogen (secondary N) is 1. The van der Waals surface area contributed by atoms with Crippen molar-refractivity contribution in [2.45, 2.75) is 45.6 Å². The molecule has 1 aliphatic carbocycles. The van der Waals surface area contributed by atoms with E-state index in [2.05, 4.69) is 42.1 Å². The SMILES string of the molecule is CCCNCC1CC1c1cnn(C(C)C)c1. The first-order valence-corrected chi connectivity index (χ1v) is 6.47. The van der Waals surface area contributed by atoms with Gasteiger partial charge in [-0.15, -0.1) is 0 Å². The lowest BCUT2D eigenvalue weighted by molar-refractivity contribution is 0.532. The Kier molecular flexibility index (Phi) is 3.64. The third-order valence-electron chi connectivity index (χ3n) is 3.33. The molecule has 2 atom stereocenters. The molecule has 0 aliphatic heterocycles. The van der Waals surface area contributed by atoms with Gasteiger partial charge < -0.3 is 5.32 Å². The summed E-state index contributed by atoms with van der Waals surface area (Å²) in [5.41, 5.74) is 1.43. The van der Waals surface area contributed by atoms with Crippen molar-refractivity contribution in [1.29, 1.82) is 0 Å². The molecule has 2 rings (SSSR count). The van der Waals surface area contributed by atoms with E-state index < -0.39 is 0 Å². The van der Waals surface area contributed by atoms with E-state index in [1.807, 2.05) is 6.20 Å². The Labute approximate surface area is 98.2 Å². The van der Waals surface area contributed by atoms with E-state index in [1.165, 1.54) is 24.9 Å². The first-order valence-electron chi connectivity index (χ1n) is 6.47. The Morgan fingerprint density at radius 3 is 3.00 bits per heavy atom. The molecule has 1 aliphatic rings. The van der Waals surface area contributed by atoms with Gasteiger partial charge in [-0.05, 0) is 57.2 Å². The van der Waals surface area contributed by atoms with Gasteiger partial charge in [0.2, 0.25) is 0 Å². The predicted octanol–water partition coefficient (Wildman–Crippen LogP) is 2.57. The van der Waals surface area contributed by atoms with Crippen LogP contribution in [-0.4, -0.2) is 22.9 Å². The summed E-state index contributed by atoms with van der Waals surface area (Å²) in [4.78, 5) is 0. The smallest absolute Gasteiger partial charge is 0.0524 e. The third-order valence-corrected chi connectivity index (χ3v) is 3.33. The minimum Gasteiger partial charge on any atom is -0.316 e. The minimum atomic E-state index is 0.476. The third kappa shape index (κ3) is 2.64. The van der Waals surface area contributed by atoms with Crippen LogP contribution in [0.2, 0.25) is 0 Å². The lowest BCUT2D eigenvalue weighted by atomic mass is 10.2. The van der Waals surface area contributed by atoms with Gasteiger partial charge in [0.25, 0.3) is 0 Å². The zero-order valence-corrected chi connectivity index (χ0v) is 10.6. The lowest BCUT2D eigenvalue weighted by Crippen LogP contribution is -2.17. The van der Waals surface area contributed by atoms with Crippen LogP contribution in [0.15, 0.2) is 12.4 Å². The van der Waals surface area contributed by atoms with E-state index in [0.29, 0.717) is 6.04 Å². The molecule has 1 fully saturated rings. The minimum absolute atomic E-state index is 0.476. The average molecular weight is 221 g/mol. The Hall–Kier alpha value is -0.830. The summed E-state index contributed by atoms with van der Waals surface area (Å²) in [7, 11) is 0. The molecule has 3 nitrogen and oxygen atoms in total. The summed E-state index contributed by atoms with van der Waals surface area (Å²) < 4.78 is 2.06. The molecule has 1 saturated carbocycles. The predicted molar refractivity (Wildman–Crippen MR) is 66.6 cm³/mol. The van der Waals surface area contributed by atoms with Crippen LogP contribution in [0.4, 0.5) is 0 Å². The lowest BCUT2D eigenvalue weighted by Gasteiger charge is -2.03. The Morgan fingerprint density at radius 2 is 2.38 bits per heavy atom. The van der Waals surface area contributed by atoms with Crippen LogP contribution in [-0.2, 0) is 0 Å². The molecule has 0 amide bonds. The molecule has 1 aromatic rings. The van der Waals surface area contributed by atoms with Crippen molar-refractivity contribution < 1.29 is 0 Å². The fourth-order valence-corrected chi connectivity index (χ4v) is 2.17. The summed E-state index contributed by atoms with van der Waals surface area (Å²) >= 11 is 0. The Bertz CT molecular complexity index is 330. The van der Waals surface area contributed by atoms with Crippen LogP contribution >= 0.6 is 0 Å². The molecule has 0 aromatic carbocycles. The normalized spacial score (nSPS) is 24.0. The summed E-state index contributed by atoms with van der Waals surface area (Å²) in [5, 5.41) is 7.90. The average Bonchev–Trinajstić information content (AvgIpc) is 2.85. The largest absolute Gasteiger partial charge is 0.316 e. The molecule has 0 bridgehead atoms. The van der Waals surface area contributed by atoms with E-state index in [0.717, 1.165) is 18.4 Å². The topological polar surface area (TPSA) is 29.9 Å². The van der Waals surface area contributed by atoms with Gasteiger partial charge in [0.05, 0.1) is 6.20 Å². The molecule has 3 heteroatoms. The van der Waals surface area contributed by atoms with Crippen LogP contribution < -0.4 is 5.32 Å². The zero-order chi connectivity index (χ0) is 11.5. The Morgan fingerprint density at radius 1 is 1.56 bits per heavy atom. The molecule has 0 saturated heterocycles. The maximum atomic E-state index is 4.40. The summed E-state index contributed by atoms with van der Waals surface area (Å²) in [6, 6.07) is 0.476. The van der Waals surface area contributed by atoms with Gasteiger partial charge in [-0.1, -0.05) is 6.92 Å². The maximum Gasteiger partial charge on any atom is 0.0524 e. The molecule has 1 N–H and O–H groups in total. The molecular weight excluding hydrogens is 198 g/mol. The molecule has 2 unspecified atom stereocenters. The summed E-state index contributed by atoms with van der Waals surface area (Å²) in [6.45, 7) is 8.87. The van der Waals surface area contributed by atoms with Crippen molar-refractivity contribution in [1.82, 2.24) is 15.1 Å². The van der Waals surface area contributed by atoms with Gasteiger partial charge >= 0.3 is 0 Å². The van der Waals surface area contributed by atoms with Gasteiger partial charge in [-0.2, -0.15) is 5.10 Å². The van der Waals surface area contributed by atoms with Gasteiger partial charge in [-0.25, -0.2) is 0 Å². The van der Waals surface area contributed by atoms with Crippen LogP contribution in [0.1, 0.15) is 51.1 Å². The van der Waals surface area contributed by atoms with Gasteiger partial charge in [0.1, 0.15) is 0 Å². The first-order chi connectivity index (χ1) is 7.72. The fraction of sp³-hybridized carbons (Fsp3) is 0.769. The van der Waals surface area contributed by atoms with E-state index in [-0.39, 0.29) is 0 Å². The van der Waals surface area contributed by atoms with Crippen LogP contribution in [0.3, 0.4) is 0 Å². The molecule has 0 spiro atoms. The number of hydrogen-bond donors (Lipinski definition) is 1. The van der Waals surface area contributed by atoms with Crippen LogP contribution in [0, 0.1) is 5.92 Å². The van der Waals surface area contributed by atoms with E-state index in [9.17, 15) is 0 Å². The molecule has 1 aromatic heterocycles. The van der Waals surface area contributed by atoms with Crippen molar-refractivity contribution in [3.63, 3.8) is 0 Å². The fourth-order valence-electron chi connectivity index (χ4n) is 2.17. The van der Waals surface area contributed by atoms with Crippen molar-refractivity contribution in [3.05, 3.63) is 18.0 Å². The zero-order valence-electron chi connectivity index (χ0n) is 10.6. The first kappa shape index (κ1) is 11.6. The second-order valence-corrected chi connectivity index (χ2v) is 5.15. The number of rotatable bonds is 6. The number of aromatic nitrogens is 2. The summed E-state index contributed by atoms with van der Waals surface area (Å²) in [6.07, 6.45) is 6.82. The van der Waals surface area contributed by atoms with Crippen molar-refractivity contribution in [2.24, 2.45) is 5.92 Å². The maximum absolute atomic E-state index is 4.40. The standard InChI is InChI=1S/C13H23N3/c1-4-5-14-7-11-6-13(11)12-8-15-16(9-12)10(2)3/h8-11,13-14H,4-7H2,1-3H3. The van der Waals surface area contributed by atoms with Gasteiger partial charge in [0.15, 0.2) is 0 Å². The highest BCUT2D eigenvalue weighted by atomic mass is 15.3. The quantitative estimate of drug-likeness (QED) is 0.748. The van der Waals surface area contributed by atoms with Crippen molar-refractivity contribution >= 4 is 0 Å². The van der Waals surface area contributed by atoms with Gasteiger partial charge in [0, 0.05) is 12.2 Å². The summed E-state index contributed by atoms with van der Waals surface area (Å²) in [5.74, 6) is 1.60. The highest BCUT2D eigenvalue weighted by molar-refractivity contribution is 5.20. The molecule has 90 valence electrons. The molecule has 1 heterocycles. The van der Waals surface area contributed by atoms with E-state index in [1.54, 1.807) is 0 Å². The van der Waals surface area contributed by atoms with Gasteiger partial charge in [-0.3, -0.25) is 4.68 Å². The van der Waals surface area contributed by atoms with E-state index >= 15 is 0 Å². The Balaban J connectivity index is 1.81. The highest BCUT2D eigenvalue weighted by Crippen LogP contribution is 2.46. The van der Waals surface area contributed by atoms with Crippen molar-refractivity contribution in [2.75, 3.05) is 13.1 Å². The van der Waals surface area contributed by atoms with Crippen molar-refractivity contribution in [3.8, 4) is 0 Å². The number of hydrogen-bond acceptors (Lipinski definition) is 2. The van der Waals surface area contributed by atoms with Crippen LogP contribution in [0.5, 0.6) is 0 Å². The second kappa shape index (κ2) is 5.00. The monoisotopic (exact) mass is 221 g/mol. The number of nitrogens with zero attached hydrogens (tertiary/aromatic N) is 2. The van der Waals surface area contributed by atoms with E-state index in [4.69, 9.17) is 0 Å². The molecule has 0 radical (unpaired) electrons. The molecule has 16 heavy (non-hydrogen) atoms.